The highest BCUT2D eigenvalue weighted by molar-refractivity contribution is 5.61. The number of anilines is 3. The Balaban J connectivity index is 1.57. The Morgan fingerprint density at radius 3 is 2.70 bits per heavy atom. The van der Waals surface area contributed by atoms with Crippen molar-refractivity contribution in [1.82, 2.24) is 24.6 Å². The molecule has 0 aliphatic carbocycles. The van der Waals surface area contributed by atoms with Crippen LogP contribution in [0.15, 0.2) is 18.5 Å². The lowest BCUT2D eigenvalue weighted by Crippen LogP contribution is -2.30. The molecule has 0 aromatic carbocycles. The first-order valence-electron chi connectivity index (χ1n) is 11.0. The molecule has 1 saturated heterocycles. The molecule has 3 aromatic heterocycles. The molecule has 0 spiro atoms. The summed E-state index contributed by atoms with van der Waals surface area (Å²) >= 11 is 0. The van der Waals surface area contributed by atoms with E-state index in [4.69, 9.17) is 10.7 Å². The first kappa shape index (κ1) is 20.4. The molecule has 0 bridgehead atoms. The Bertz CT molecular complexity index is 1010. The number of aromatic nitrogens is 5. The Hall–Kier alpha value is -2.90. The third kappa shape index (κ3) is 4.32. The van der Waals surface area contributed by atoms with Gasteiger partial charge in [-0.1, -0.05) is 19.4 Å². The van der Waals surface area contributed by atoms with E-state index in [0.29, 0.717) is 23.8 Å². The molecule has 0 saturated carbocycles. The van der Waals surface area contributed by atoms with Gasteiger partial charge in [-0.3, -0.25) is 0 Å². The third-order valence-corrected chi connectivity index (χ3v) is 5.70. The molecule has 8 heteroatoms. The molecule has 30 heavy (non-hydrogen) atoms. The second-order valence-electron chi connectivity index (χ2n) is 8.35. The van der Waals surface area contributed by atoms with E-state index in [1.54, 1.807) is 4.52 Å². The molecule has 1 aliphatic rings. The summed E-state index contributed by atoms with van der Waals surface area (Å²) in [5, 5.41) is 7.99. The zero-order valence-corrected chi connectivity index (χ0v) is 18.2. The summed E-state index contributed by atoms with van der Waals surface area (Å²) in [7, 11) is 0. The number of aryl methyl sites for hydroxylation is 1. The summed E-state index contributed by atoms with van der Waals surface area (Å²) in [4.78, 5) is 16.0. The molecule has 0 amide bonds. The van der Waals surface area contributed by atoms with Crippen molar-refractivity contribution < 1.29 is 0 Å². The van der Waals surface area contributed by atoms with E-state index in [1.807, 2.05) is 12.4 Å². The Morgan fingerprint density at radius 1 is 1.17 bits per heavy atom. The highest BCUT2D eigenvalue weighted by Gasteiger charge is 2.16. The van der Waals surface area contributed by atoms with Crippen LogP contribution < -0.4 is 16.0 Å². The van der Waals surface area contributed by atoms with Crippen LogP contribution in [-0.2, 0) is 6.42 Å². The van der Waals surface area contributed by atoms with Crippen molar-refractivity contribution in [3.05, 3.63) is 35.3 Å². The van der Waals surface area contributed by atoms with Gasteiger partial charge in [0.25, 0.3) is 0 Å². The van der Waals surface area contributed by atoms with Crippen LogP contribution in [0, 0.1) is 6.92 Å². The van der Waals surface area contributed by atoms with Crippen LogP contribution in [0.2, 0.25) is 0 Å². The SMILES string of the molecule is CCCC(C)Nc1nc(N)c2ncc(Cc3cnc(N4CCCCC4)c(C)c3)n2n1. The first-order chi connectivity index (χ1) is 14.5. The van der Waals surface area contributed by atoms with Gasteiger partial charge in [0.1, 0.15) is 5.82 Å². The van der Waals surface area contributed by atoms with Crippen molar-refractivity contribution in [3.63, 3.8) is 0 Å². The molecule has 1 unspecified atom stereocenters. The summed E-state index contributed by atoms with van der Waals surface area (Å²) in [6, 6.07) is 2.51. The van der Waals surface area contributed by atoms with Crippen LogP contribution in [0.25, 0.3) is 5.65 Å². The number of nitrogens with zero attached hydrogens (tertiary/aromatic N) is 6. The molecule has 3 aromatic rings. The lowest BCUT2D eigenvalue weighted by Gasteiger charge is -2.29. The number of imidazole rings is 1. The van der Waals surface area contributed by atoms with Gasteiger partial charge in [-0.05, 0) is 50.7 Å². The quantitative estimate of drug-likeness (QED) is 0.616. The highest BCUT2D eigenvalue weighted by Crippen LogP contribution is 2.23. The van der Waals surface area contributed by atoms with Crippen LogP contribution in [-0.4, -0.2) is 43.7 Å². The normalized spacial score (nSPS) is 15.5. The fraction of sp³-hybridized carbons (Fsp3) is 0.545. The highest BCUT2D eigenvalue weighted by atomic mass is 15.3. The van der Waals surface area contributed by atoms with E-state index in [9.17, 15) is 0 Å². The molecule has 1 fully saturated rings. The van der Waals surface area contributed by atoms with E-state index in [1.165, 1.54) is 24.8 Å². The van der Waals surface area contributed by atoms with Crippen LogP contribution >= 0.6 is 0 Å². The maximum Gasteiger partial charge on any atom is 0.243 e. The number of pyridine rings is 1. The zero-order chi connectivity index (χ0) is 21.1. The monoisotopic (exact) mass is 408 g/mol. The first-order valence-corrected chi connectivity index (χ1v) is 11.0. The summed E-state index contributed by atoms with van der Waals surface area (Å²) in [6.07, 6.45) is 10.5. The fourth-order valence-electron chi connectivity index (χ4n) is 4.22. The zero-order valence-electron chi connectivity index (χ0n) is 18.2. The molecule has 4 rings (SSSR count). The minimum absolute atomic E-state index is 0.285. The summed E-state index contributed by atoms with van der Waals surface area (Å²) in [5.74, 6) is 2.03. The molecule has 1 atom stereocenters. The molecule has 4 heterocycles. The minimum Gasteiger partial charge on any atom is -0.380 e. The second-order valence-corrected chi connectivity index (χ2v) is 8.35. The van der Waals surface area contributed by atoms with Gasteiger partial charge in [-0.2, -0.15) is 4.98 Å². The third-order valence-electron chi connectivity index (χ3n) is 5.70. The number of nitrogens with two attached hydrogens (primary N) is 1. The number of hydrogen-bond donors (Lipinski definition) is 2. The van der Waals surface area contributed by atoms with Crippen molar-refractivity contribution in [3.8, 4) is 0 Å². The average molecular weight is 409 g/mol. The molecule has 8 nitrogen and oxygen atoms in total. The van der Waals surface area contributed by atoms with Gasteiger partial charge in [-0.15, -0.1) is 5.10 Å². The maximum absolute atomic E-state index is 6.15. The van der Waals surface area contributed by atoms with Crippen LogP contribution in [0.4, 0.5) is 17.6 Å². The van der Waals surface area contributed by atoms with E-state index in [0.717, 1.165) is 43.0 Å². The van der Waals surface area contributed by atoms with Gasteiger partial charge < -0.3 is 16.0 Å². The fourth-order valence-corrected chi connectivity index (χ4v) is 4.22. The lowest BCUT2D eigenvalue weighted by molar-refractivity contribution is 0.572. The van der Waals surface area contributed by atoms with E-state index < -0.39 is 0 Å². The standard InChI is InChI=1S/C22H32N8/c1-4-8-16(3)26-22-27-19(23)21-25-14-18(30(21)28-22)12-17-11-15(2)20(24-13-17)29-9-6-5-7-10-29/h11,13-14,16H,4-10,12H2,1-3H3,(H3,23,26,27,28). The molecule has 160 valence electrons. The average Bonchev–Trinajstić information content (AvgIpc) is 3.12. The minimum atomic E-state index is 0.285. The number of piperidine rings is 1. The van der Waals surface area contributed by atoms with E-state index >= 15 is 0 Å². The Morgan fingerprint density at radius 2 is 1.97 bits per heavy atom. The van der Waals surface area contributed by atoms with Crippen molar-refractivity contribution in [2.75, 3.05) is 29.0 Å². The molecule has 0 radical (unpaired) electrons. The molecule has 1 aliphatic heterocycles. The molecular weight excluding hydrogens is 376 g/mol. The van der Waals surface area contributed by atoms with Gasteiger partial charge in [-0.25, -0.2) is 14.5 Å². The lowest BCUT2D eigenvalue weighted by atomic mass is 10.1. The van der Waals surface area contributed by atoms with Gasteiger partial charge >= 0.3 is 0 Å². The summed E-state index contributed by atoms with van der Waals surface area (Å²) in [5.41, 5.74) is 10.1. The van der Waals surface area contributed by atoms with Crippen LogP contribution in [0.5, 0.6) is 0 Å². The Kier molecular flexibility index (Phi) is 6.01. The van der Waals surface area contributed by atoms with Crippen molar-refractivity contribution >= 4 is 23.2 Å². The summed E-state index contributed by atoms with van der Waals surface area (Å²) in [6.45, 7) is 8.63. The van der Waals surface area contributed by atoms with E-state index in [2.05, 4.69) is 52.1 Å². The van der Waals surface area contributed by atoms with Crippen molar-refractivity contribution in [2.24, 2.45) is 0 Å². The predicted molar refractivity (Wildman–Crippen MR) is 121 cm³/mol. The number of nitrogens with one attached hydrogen (secondary N) is 1. The maximum atomic E-state index is 6.15. The second kappa shape index (κ2) is 8.85. The predicted octanol–water partition coefficient (Wildman–Crippen LogP) is 3.59. The van der Waals surface area contributed by atoms with E-state index in [-0.39, 0.29) is 6.04 Å². The largest absolute Gasteiger partial charge is 0.380 e. The number of nitrogen functional groups attached to an aromatic ring is 1. The number of fused-ring (bicyclic) bond motifs is 1. The van der Waals surface area contributed by atoms with Crippen molar-refractivity contribution in [2.45, 2.75) is 65.3 Å². The molecule has 3 N–H and O–H groups in total. The van der Waals surface area contributed by atoms with Crippen molar-refractivity contribution in [1.29, 1.82) is 0 Å². The number of hydrogen-bond acceptors (Lipinski definition) is 7. The molecular formula is C22H32N8. The van der Waals surface area contributed by atoms with Gasteiger partial charge in [0.2, 0.25) is 5.95 Å². The Labute approximate surface area is 177 Å². The van der Waals surface area contributed by atoms with Gasteiger partial charge in [0.05, 0.1) is 11.9 Å². The van der Waals surface area contributed by atoms with Gasteiger partial charge in [0, 0.05) is 31.7 Å². The van der Waals surface area contributed by atoms with Crippen LogP contribution in [0.3, 0.4) is 0 Å². The summed E-state index contributed by atoms with van der Waals surface area (Å²) < 4.78 is 1.80. The van der Waals surface area contributed by atoms with Crippen LogP contribution in [0.1, 0.15) is 62.8 Å². The number of rotatable bonds is 7. The van der Waals surface area contributed by atoms with Gasteiger partial charge in [0.15, 0.2) is 11.5 Å². The smallest absolute Gasteiger partial charge is 0.243 e. The topological polar surface area (TPSA) is 97.3 Å².